The van der Waals surface area contributed by atoms with Gasteiger partial charge in [0.2, 0.25) is 5.75 Å². The van der Waals surface area contributed by atoms with Crippen LogP contribution in [0.1, 0.15) is 25.7 Å². The topological polar surface area (TPSA) is 85.5 Å². The highest BCUT2D eigenvalue weighted by atomic mass is 16.6. The molecule has 0 bridgehead atoms. The lowest BCUT2D eigenvalue weighted by molar-refractivity contribution is -0.390. The van der Waals surface area contributed by atoms with Gasteiger partial charge in [-0.2, -0.15) is 0 Å². The molecule has 92 valence electrons. The van der Waals surface area contributed by atoms with Gasteiger partial charge in [-0.05, 0) is 41.3 Å². The fourth-order valence-electron chi connectivity index (χ4n) is 1.99. The SMILES string of the molecule is O=[N+]([O-])c1ncccc1O[C@H]1CCCC[C@@H]1O. The number of aliphatic hydroxyl groups excluding tert-OH is 1. The molecule has 1 aromatic heterocycles. The standard InChI is InChI=1S/C11H14N2O4/c14-8-4-1-2-5-9(8)17-10-6-3-7-12-11(10)13(15)16/h3,6-9,14H,1-2,4-5H2/t8-,9-/m0/s1. The summed E-state index contributed by atoms with van der Waals surface area (Å²) in [5.41, 5.74) is 0. The Morgan fingerprint density at radius 3 is 2.94 bits per heavy atom. The Hall–Kier alpha value is -1.69. The number of hydrogen-bond donors (Lipinski definition) is 1. The quantitative estimate of drug-likeness (QED) is 0.639. The average molecular weight is 238 g/mol. The molecule has 0 spiro atoms. The smallest absolute Gasteiger partial charge is 0.406 e. The Kier molecular flexibility index (Phi) is 3.53. The molecule has 6 heteroatoms. The maximum atomic E-state index is 10.7. The number of pyridine rings is 1. The molecule has 6 nitrogen and oxygen atoms in total. The van der Waals surface area contributed by atoms with E-state index in [0.717, 1.165) is 12.8 Å². The van der Waals surface area contributed by atoms with E-state index in [1.165, 1.54) is 12.3 Å². The molecule has 17 heavy (non-hydrogen) atoms. The first-order chi connectivity index (χ1) is 8.18. The molecule has 0 aromatic carbocycles. The van der Waals surface area contributed by atoms with Gasteiger partial charge in [0.25, 0.3) is 0 Å². The van der Waals surface area contributed by atoms with Crippen molar-refractivity contribution in [2.75, 3.05) is 0 Å². The predicted molar refractivity (Wildman–Crippen MR) is 59.8 cm³/mol. The number of aromatic nitrogens is 1. The van der Waals surface area contributed by atoms with Gasteiger partial charge in [0.15, 0.2) is 0 Å². The maximum absolute atomic E-state index is 10.7. The van der Waals surface area contributed by atoms with Crippen LogP contribution in [-0.2, 0) is 0 Å². The second-order valence-electron chi connectivity index (χ2n) is 4.09. The fourth-order valence-corrected chi connectivity index (χ4v) is 1.99. The number of aliphatic hydroxyl groups is 1. The van der Waals surface area contributed by atoms with Crippen LogP contribution in [-0.4, -0.2) is 27.2 Å². The Balaban J connectivity index is 2.14. The Bertz CT molecular complexity index is 410. The molecule has 1 heterocycles. The maximum Gasteiger partial charge on any atom is 0.406 e. The van der Waals surface area contributed by atoms with Gasteiger partial charge >= 0.3 is 5.82 Å². The van der Waals surface area contributed by atoms with Crippen molar-refractivity contribution < 1.29 is 14.8 Å². The summed E-state index contributed by atoms with van der Waals surface area (Å²) in [7, 11) is 0. The molecule has 0 unspecified atom stereocenters. The van der Waals surface area contributed by atoms with Crippen LogP contribution < -0.4 is 4.74 Å². The second kappa shape index (κ2) is 5.09. The van der Waals surface area contributed by atoms with Crippen LogP contribution >= 0.6 is 0 Å². The zero-order valence-electron chi connectivity index (χ0n) is 9.28. The summed E-state index contributed by atoms with van der Waals surface area (Å²) in [6, 6.07) is 3.09. The Labute approximate surface area is 98.4 Å². The molecule has 0 radical (unpaired) electrons. The van der Waals surface area contributed by atoms with Crippen molar-refractivity contribution in [3.8, 4) is 5.75 Å². The highest BCUT2D eigenvalue weighted by Gasteiger charge is 2.27. The van der Waals surface area contributed by atoms with Crippen LogP contribution in [0.5, 0.6) is 5.75 Å². The second-order valence-corrected chi connectivity index (χ2v) is 4.09. The van der Waals surface area contributed by atoms with Gasteiger partial charge in [0.05, 0.1) is 6.10 Å². The molecular formula is C11H14N2O4. The van der Waals surface area contributed by atoms with Crippen LogP contribution in [0.3, 0.4) is 0 Å². The summed E-state index contributed by atoms with van der Waals surface area (Å²) in [6.45, 7) is 0. The highest BCUT2D eigenvalue weighted by molar-refractivity contribution is 5.38. The molecule has 0 aliphatic heterocycles. The Morgan fingerprint density at radius 1 is 1.47 bits per heavy atom. The van der Waals surface area contributed by atoms with Crippen molar-refractivity contribution in [3.05, 3.63) is 28.4 Å². The van der Waals surface area contributed by atoms with Gasteiger partial charge < -0.3 is 20.0 Å². The van der Waals surface area contributed by atoms with E-state index in [4.69, 9.17) is 4.74 Å². The summed E-state index contributed by atoms with van der Waals surface area (Å²) in [4.78, 5) is 13.8. The van der Waals surface area contributed by atoms with Crippen molar-refractivity contribution in [2.24, 2.45) is 0 Å². The highest BCUT2D eigenvalue weighted by Crippen LogP contribution is 2.28. The van der Waals surface area contributed by atoms with Crippen LogP contribution in [0, 0.1) is 10.1 Å². The first kappa shape index (κ1) is 11.8. The third-order valence-corrected chi connectivity index (χ3v) is 2.87. The van der Waals surface area contributed by atoms with E-state index in [1.807, 2.05) is 0 Å². The zero-order valence-corrected chi connectivity index (χ0v) is 9.28. The normalized spacial score (nSPS) is 24.3. The lowest BCUT2D eigenvalue weighted by atomic mass is 9.95. The summed E-state index contributed by atoms with van der Waals surface area (Å²) in [6.07, 6.45) is 3.76. The summed E-state index contributed by atoms with van der Waals surface area (Å²) >= 11 is 0. The van der Waals surface area contributed by atoms with E-state index in [1.54, 1.807) is 6.07 Å². The summed E-state index contributed by atoms with van der Waals surface area (Å²) < 4.78 is 5.51. The molecule has 0 saturated heterocycles. The molecule has 1 fully saturated rings. The van der Waals surface area contributed by atoms with E-state index in [9.17, 15) is 15.2 Å². The van der Waals surface area contributed by atoms with Crippen LogP contribution in [0.15, 0.2) is 18.3 Å². The lowest BCUT2D eigenvalue weighted by Crippen LogP contribution is -2.34. The van der Waals surface area contributed by atoms with Gasteiger partial charge in [0, 0.05) is 0 Å². The van der Waals surface area contributed by atoms with Crippen molar-refractivity contribution >= 4 is 5.82 Å². The van der Waals surface area contributed by atoms with Gasteiger partial charge in [-0.15, -0.1) is 0 Å². The van der Waals surface area contributed by atoms with Crippen molar-refractivity contribution in [1.82, 2.24) is 4.98 Å². The zero-order chi connectivity index (χ0) is 12.3. The summed E-state index contributed by atoms with van der Waals surface area (Å²) in [5.74, 6) is -0.172. The van der Waals surface area contributed by atoms with Crippen molar-refractivity contribution in [3.63, 3.8) is 0 Å². The van der Waals surface area contributed by atoms with Gasteiger partial charge in [-0.25, -0.2) is 0 Å². The average Bonchev–Trinajstić information content (AvgIpc) is 2.32. The molecular weight excluding hydrogens is 224 g/mol. The molecule has 2 rings (SSSR count). The first-order valence-electron chi connectivity index (χ1n) is 5.62. The lowest BCUT2D eigenvalue weighted by Gasteiger charge is -2.27. The van der Waals surface area contributed by atoms with E-state index in [-0.39, 0.29) is 17.7 Å². The van der Waals surface area contributed by atoms with Crippen LogP contribution in [0.25, 0.3) is 0 Å². The van der Waals surface area contributed by atoms with Crippen LogP contribution in [0.2, 0.25) is 0 Å². The minimum absolute atomic E-state index is 0.128. The van der Waals surface area contributed by atoms with Crippen molar-refractivity contribution in [2.45, 2.75) is 37.9 Å². The molecule has 1 aliphatic rings. The van der Waals surface area contributed by atoms with E-state index < -0.39 is 11.0 Å². The number of ether oxygens (including phenoxy) is 1. The van der Waals surface area contributed by atoms with E-state index in [2.05, 4.69) is 4.98 Å². The largest absolute Gasteiger partial charge is 0.480 e. The monoisotopic (exact) mass is 238 g/mol. The molecule has 1 N–H and O–H groups in total. The van der Waals surface area contributed by atoms with E-state index >= 15 is 0 Å². The molecule has 1 aliphatic carbocycles. The Morgan fingerprint density at radius 2 is 2.24 bits per heavy atom. The molecule has 1 aromatic rings. The number of nitro groups is 1. The fraction of sp³-hybridized carbons (Fsp3) is 0.545. The van der Waals surface area contributed by atoms with Gasteiger partial charge in [0.1, 0.15) is 12.3 Å². The van der Waals surface area contributed by atoms with Crippen molar-refractivity contribution in [1.29, 1.82) is 0 Å². The minimum atomic E-state index is -0.579. The minimum Gasteiger partial charge on any atom is -0.480 e. The number of hydrogen-bond acceptors (Lipinski definition) is 5. The third-order valence-electron chi connectivity index (χ3n) is 2.87. The summed E-state index contributed by atoms with van der Waals surface area (Å²) in [5, 5.41) is 20.5. The van der Waals surface area contributed by atoms with E-state index in [0.29, 0.717) is 12.8 Å². The van der Waals surface area contributed by atoms with Gasteiger partial charge in [-0.1, -0.05) is 6.42 Å². The molecule has 1 saturated carbocycles. The van der Waals surface area contributed by atoms with Gasteiger partial charge in [-0.3, -0.25) is 0 Å². The molecule has 0 amide bonds. The number of rotatable bonds is 3. The first-order valence-corrected chi connectivity index (χ1v) is 5.62. The third kappa shape index (κ3) is 2.71. The molecule has 2 atom stereocenters. The number of nitrogens with zero attached hydrogens (tertiary/aromatic N) is 2. The van der Waals surface area contributed by atoms with Crippen LogP contribution in [0.4, 0.5) is 5.82 Å². The predicted octanol–water partition coefficient (Wildman–Crippen LogP) is 1.67.